The van der Waals surface area contributed by atoms with Crippen molar-refractivity contribution in [2.75, 3.05) is 26.2 Å². The lowest BCUT2D eigenvalue weighted by molar-refractivity contribution is 0.0530. The van der Waals surface area contributed by atoms with Gasteiger partial charge < -0.3 is 9.80 Å². The first-order chi connectivity index (χ1) is 12.5. The normalized spacial score (nSPS) is 14.4. The summed E-state index contributed by atoms with van der Waals surface area (Å²) in [7, 11) is 0. The zero-order chi connectivity index (χ0) is 18.7. The van der Waals surface area contributed by atoms with E-state index in [0.29, 0.717) is 18.7 Å². The predicted molar refractivity (Wildman–Crippen MR) is 94.0 cm³/mol. The molecule has 1 aliphatic heterocycles. The van der Waals surface area contributed by atoms with Gasteiger partial charge in [0, 0.05) is 31.7 Å². The minimum absolute atomic E-state index is 0.100. The van der Waals surface area contributed by atoms with Crippen LogP contribution in [0.3, 0.4) is 0 Å². The van der Waals surface area contributed by atoms with Crippen LogP contribution >= 0.6 is 0 Å². The summed E-state index contributed by atoms with van der Waals surface area (Å²) < 4.78 is 27.6. The summed E-state index contributed by atoms with van der Waals surface area (Å²) in [5, 5.41) is 0. The van der Waals surface area contributed by atoms with Crippen LogP contribution in [0.2, 0.25) is 0 Å². The predicted octanol–water partition coefficient (Wildman–Crippen LogP) is 3.13. The number of benzene rings is 2. The smallest absolute Gasteiger partial charge is 0.259 e. The number of rotatable bonds is 3. The van der Waals surface area contributed by atoms with Gasteiger partial charge in [-0.25, -0.2) is 8.78 Å². The highest BCUT2D eigenvalue weighted by Gasteiger charge is 2.28. The fourth-order valence-corrected chi connectivity index (χ4v) is 3.04. The number of hydrogen-bond donors (Lipinski definition) is 0. The fraction of sp³-hybridized carbons (Fsp3) is 0.300. The Morgan fingerprint density at radius 3 is 1.85 bits per heavy atom. The number of hydrogen-bond acceptors (Lipinski definition) is 2. The molecule has 0 saturated carbocycles. The van der Waals surface area contributed by atoms with Crippen LogP contribution in [0.5, 0.6) is 0 Å². The van der Waals surface area contributed by atoms with E-state index in [1.54, 1.807) is 17.0 Å². The molecule has 0 bridgehead atoms. The summed E-state index contributed by atoms with van der Waals surface area (Å²) in [5.41, 5.74) is 1.22. The lowest BCUT2D eigenvalue weighted by Gasteiger charge is -2.35. The van der Waals surface area contributed by atoms with Crippen LogP contribution < -0.4 is 0 Å². The molecule has 0 spiro atoms. The van der Waals surface area contributed by atoms with Crippen LogP contribution in [0, 0.1) is 11.6 Å². The van der Waals surface area contributed by atoms with Crippen molar-refractivity contribution in [3.8, 4) is 0 Å². The van der Waals surface area contributed by atoms with Crippen LogP contribution in [0.1, 0.15) is 33.2 Å². The van der Waals surface area contributed by atoms with Gasteiger partial charge in [-0.3, -0.25) is 9.59 Å². The summed E-state index contributed by atoms with van der Waals surface area (Å²) in [6.45, 7) is 3.19. The highest BCUT2D eigenvalue weighted by Crippen LogP contribution is 2.17. The number of carbonyl (C=O) groups is 2. The van der Waals surface area contributed by atoms with Gasteiger partial charge in [0.05, 0.1) is 0 Å². The molecule has 0 radical (unpaired) electrons. The lowest BCUT2D eigenvalue weighted by atomic mass is 10.1. The van der Waals surface area contributed by atoms with Crippen LogP contribution in [0.25, 0.3) is 0 Å². The molecule has 0 aliphatic carbocycles. The van der Waals surface area contributed by atoms with E-state index in [1.165, 1.54) is 11.0 Å². The summed E-state index contributed by atoms with van der Waals surface area (Å²) in [4.78, 5) is 28.0. The van der Waals surface area contributed by atoms with Gasteiger partial charge in [0.1, 0.15) is 17.2 Å². The van der Waals surface area contributed by atoms with Crippen molar-refractivity contribution < 1.29 is 18.4 Å². The number of carbonyl (C=O) groups excluding carboxylic acids is 2. The van der Waals surface area contributed by atoms with Gasteiger partial charge in [0.25, 0.3) is 11.8 Å². The zero-order valence-corrected chi connectivity index (χ0v) is 14.5. The second-order valence-corrected chi connectivity index (χ2v) is 6.23. The van der Waals surface area contributed by atoms with Gasteiger partial charge in [-0.05, 0) is 36.2 Å². The minimum atomic E-state index is -0.871. The molecule has 1 fully saturated rings. The minimum Gasteiger partial charge on any atom is -0.335 e. The molecule has 2 aromatic rings. The Hall–Kier alpha value is -2.76. The van der Waals surface area contributed by atoms with E-state index in [2.05, 4.69) is 0 Å². The monoisotopic (exact) mass is 358 g/mol. The molecule has 136 valence electrons. The molecule has 4 nitrogen and oxygen atoms in total. The molecule has 0 N–H and O–H groups in total. The summed E-state index contributed by atoms with van der Waals surface area (Å²) >= 11 is 0. The maximum absolute atomic E-state index is 13.8. The Morgan fingerprint density at radius 2 is 1.35 bits per heavy atom. The molecule has 2 amide bonds. The molecule has 0 unspecified atom stereocenters. The first kappa shape index (κ1) is 18.0. The molecule has 1 aliphatic rings. The average molecular weight is 358 g/mol. The topological polar surface area (TPSA) is 40.6 Å². The summed E-state index contributed by atoms with van der Waals surface area (Å²) in [6.07, 6.45) is 0.905. The van der Waals surface area contributed by atoms with Gasteiger partial charge in [0.2, 0.25) is 0 Å². The third-order valence-corrected chi connectivity index (χ3v) is 4.64. The zero-order valence-electron chi connectivity index (χ0n) is 14.5. The van der Waals surface area contributed by atoms with Crippen molar-refractivity contribution >= 4 is 11.8 Å². The Kier molecular flexibility index (Phi) is 5.30. The summed E-state index contributed by atoms with van der Waals surface area (Å²) in [5.74, 6) is -2.52. The van der Waals surface area contributed by atoms with Crippen molar-refractivity contribution in [2.24, 2.45) is 0 Å². The van der Waals surface area contributed by atoms with Crippen LogP contribution in [-0.2, 0) is 6.42 Å². The molecule has 1 heterocycles. The van der Waals surface area contributed by atoms with Gasteiger partial charge in [-0.2, -0.15) is 0 Å². The highest BCUT2D eigenvalue weighted by atomic mass is 19.1. The van der Waals surface area contributed by atoms with Crippen molar-refractivity contribution in [1.82, 2.24) is 9.80 Å². The average Bonchev–Trinajstić information content (AvgIpc) is 2.67. The Labute approximate surface area is 151 Å². The van der Waals surface area contributed by atoms with Crippen molar-refractivity contribution in [2.45, 2.75) is 13.3 Å². The molecular formula is C20H20F2N2O2. The van der Waals surface area contributed by atoms with Crippen molar-refractivity contribution in [3.05, 3.63) is 70.8 Å². The van der Waals surface area contributed by atoms with Crippen molar-refractivity contribution in [3.63, 3.8) is 0 Å². The Balaban J connectivity index is 1.65. The van der Waals surface area contributed by atoms with E-state index in [4.69, 9.17) is 0 Å². The number of amides is 2. The van der Waals surface area contributed by atoms with Gasteiger partial charge >= 0.3 is 0 Å². The van der Waals surface area contributed by atoms with E-state index >= 15 is 0 Å². The van der Waals surface area contributed by atoms with E-state index in [9.17, 15) is 18.4 Å². The van der Waals surface area contributed by atoms with E-state index in [-0.39, 0.29) is 19.0 Å². The second kappa shape index (κ2) is 7.64. The largest absolute Gasteiger partial charge is 0.335 e. The first-order valence-corrected chi connectivity index (χ1v) is 8.62. The molecule has 2 aromatic carbocycles. The molecule has 0 atom stereocenters. The van der Waals surface area contributed by atoms with Crippen LogP contribution in [0.15, 0.2) is 42.5 Å². The van der Waals surface area contributed by atoms with Crippen molar-refractivity contribution in [1.29, 1.82) is 0 Å². The SMILES string of the molecule is CCc1ccc(C(=O)N2CCN(C(=O)c3c(F)cccc3F)CC2)cc1. The standard InChI is InChI=1S/C20H20F2N2O2/c1-2-14-6-8-15(9-7-14)19(25)23-10-12-24(13-11-23)20(26)18-16(21)4-3-5-17(18)22/h3-9H,2,10-13H2,1H3. The molecule has 0 aromatic heterocycles. The number of aryl methyl sites for hydroxylation is 1. The Bertz CT molecular complexity index is 793. The quantitative estimate of drug-likeness (QED) is 0.846. The second-order valence-electron chi connectivity index (χ2n) is 6.23. The Morgan fingerprint density at radius 1 is 0.846 bits per heavy atom. The molecule has 1 saturated heterocycles. The van der Waals surface area contributed by atoms with Gasteiger partial charge in [-0.15, -0.1) is 0 Å². The lowest BCUT2D eigenvalue weighted by Crippen LogP contribution is -2.50. The fourth-order valence-electron chi connectivity index (χ4n) is 3.04. The first-order valence-electron chi connectivity index (χ1n) is 8.62. The van der Waals surface area contributed by atoms with E-state index in [0.717, 1.165) is 24.1 Å². The molecule has 3 rings (SSSR count). The number of piperazine rings is 1. The highest BCUT2D eigenvalue weighted by molar-refractivity contribution is 5.96. The molecule has 6 heteroatoms. The van der Waals surface area contributed by atoms with E-state index < -0.39 is 23.1 Å². The van der Waals surface area contributed by atoms with Gasteiger partial charge in [0.15, 0.2) is 0 Å². The summed E-state index contributed by atoms with van der Waals surface area (Å²) in [6, 6.07) is 10.8. The molecule has 26 heavy (non-hydrogen) atoms. The van der Waals surface area contributed by atoms with E-state index in [1.807, 2.05) is 19.1 Å². The van der Waals surface area contributed by atoms with Crippen LogP contribution in [0.4, 0.5) is 8.78 Å². The third kappa shape index (κ3) is 3.59. The number of halogens is 2. The third-order valence-electron chi connectivity index (χ3n) is 4.64. The maximum Gasteiger partial charge on any atom is 0.259 e. The van der Waals surface area contributed by atoms with Crippen LogP contribution in [-0.4, -0.2) is 47.8 Å². The maximum atomic E-state index is 13.8. The molecular weight excluding hydrogens is 338 g/mol. The number of nitrogens with zero attached hydrogens (tertiary/aromatic N) is 2. The van der Waals surface area contributed by atoms with Gasteiger partial charge in [-0.1, -0.05) is 25.1 Å².